The first-order valence-electron chi connectivity index (χ1n) is 5.44. The summed E-state index contributed by atoms with van der Waals surface area (Å²) < 4.78 is 0. The van der Waals surface area contributed by atoms with Gasteiger partial charge in [-0.15, -0.1) is 0 Å². The Labute approximate surface area is 86.6 Å². The normalized spacial score (nSPS) is 16.1. The zero-order chi connectivity index (χ0) is 10.8. The molecule has 1 aliphatic rings. The number of likely N-dealkylation sites (tertiary alicyclic amines) is 1. The van der Waals surface area contributed by atoms with Crippen LogP contribution in [0.3, 0.4) is 0 Å². The van der Waals surface area contributed by atoms with Gasteiger partial charge in [-0.05, 0) is 38.9 Å². The van der Waals surface area contributed by atoms with E-state index in [4.69, 9.17) is 4.79 Å². The first-order chi connectivity index (χ1) is 6.66. The van der Waals surface area contributed by atoms with Gasteiger partial charge in [0.05, 0.1) is 0 Å². The monoisotopic (exact) mass is 201 g/mol. The number of rotatable bonds is 4. The van der Waals surface area contributed by atoms with E-state index in [1.54, 1.807) is 0 Å². The van der Waals surface area contributed by atoms with Crippen molar-refractivity contribution in [1.29, 1.82) is 0 Å². The molecular formula is C10H23N3O. The number of carbonyl (C=O) groups excluding carboxylic acids is 1. The van der Waals surface area contributed by atoms with E-state index in [1.165, 1.54) is 51.7 Å². The van der Waals surface area contributed by atoms with Crippen LogP contribution in [-0.2, 0) is 0 Å². The summed E-state index contributed by atoms with van der Waals surface area (Å²) in [6.45, 7) is 6.35. The van der Waals surface area contributed by atoms with Gasteiger partial charge in [-0.2, -0.15) is 0 Å². The van der Waals surface area contributed by atoms with Crippen LogP contribution in [-0.4, -0.2) is 30.6 Å². The summed E-state index contributed by atoms with van der Waals surface area (Å²) in [5.41, 5.74) is 8.50. The molecule has 1 fully saturated rings. The largest absolute Gasteiger partial charge is 0.352 e. The second kappa shape index (κ2) is 8.81. The molecule has 1 rings (SSSR count). The molecule has 0 aromatic heterocycles. The van der Waals surface area contributed by atoms with Crippen molar-refractivity contribution in [3.8, 4) is 0 Å². The Morgan fingerprint density at radius 2 is 1.71 bits per heavy atom. The van der Waals surface area contributed by atoms with Crippen LogP contribution >= 0.6 is 0 Å². The Morgan fingerprint density at radius 1 is 1.21 bits per heavy atom. The number of urea groups is 1. The van der Waals surface area contributed by atoms with Crippen LogP contribution in [0.15, 0.2) is 0 Å². The zero-order valence-corrected chi connectivity index (χ0v) is 9.17. The molecule has 1 aliphatic heterocycles. The highest BCUT2D eigenvalue weighted by molar-refractivity contribution is 5.69. The van der Waals surface area contributed by atoms with Gasteiger partial charge in [-0.25, -0.2) is 4.79 Å². The SMILES string of the molecule is CCCCCN1CCCC1.NC(N)=O. The van der Waals surface area contributed by atoms with Crippen LogP contribution in [0.2, 0.25) is 0 Å². The molecule has 1 heterocycles. The molecule has 4 heteroatoms. The summed E-state index contributed by atoms with van der Waals surface area (Å²) in [5, 5.41) is 0. The van der Waals surface area contributed by atoms with Crippen molar-refractivity contribution in [3.63, 3.8) is 0 Å². The maximum absolute atomic E-state index is 9.00. The standard InChI is InChI=1S/C9H19N.CH4N2O/c1-2-3-4-7-10-8-5-6-9-10;2-1(3)4/h2-9H2,1H3;(H4,2,3,4). The lowest BCUT2D eigenvalue weighted by Crippen LogP contribution is -2.20. The Hall–Kier alpha value is -0.770. The minimum atomic E-state index is -0.833. The number of nitrogens with two attached hydrogens (primary N) is 2. The minimum Gasteiger partial charge on any atom is -0.352 e. The average molecular weight is 201 g/mol. The van der Waals surface area contributed by atoms with E-state index >= 15 is 0 Å². The lowest BCUT2D eigenvalue weighted by Gasteiger charge is -2.12. The molecule has 0 unspecified atom stereocenters. The van der Waals surface area contributed by atoms with Gasteiger partial charge in [0.25, 0.3) is 0 Å². The molecule has 0 bridgehead atoms. The molecule has 0 saturated carbocycles. The fraction of sp³-hybridized carbons (Fsp3) is 0.900. The summed E-state index contributed by atoms with van der Waals surface area (Å²) in [6, 6.07) is -0.833. The molecule has 0 atom stereocenters. The smallest absolute Gasteiger partial charge is 0.309 e. The maximum atomic E-state index is 9.00. The van der Waals surface area contributed by atoms with E-state index in [2.05, 4.69) is 23.3 Å². The Bertz CT molecular complexity index is 140. The molecule has 1 saturated heterocycles. The number of hydrogen-bond acceptors (Lipinski definition) is 2. The summed E-state index contributed by atoms with van der Waals surface area (Å²) in [7, 11) is 0. The third-order valence-electron chi connectivity index (χ3n) is 2.28. The maximum Gasteiger partial charge on any atom is 0.309 e. The van der Waals surface area contributed by atoms with Crippen molar-refractivity contribution in [1.82, 2.24) is 4.90 Å². The highest BCUT2D eigenvalue weighted by Gasteiger charge is 2.09. The van der Waals surface area contributed by atoms with Gasteiger partial charge < -0.3 is 16.4 Å². The first kappa shape index (κ1) is 13.2. The molecular weight excluding hydrogens is 178 g/mol. The van der Waals surface area contributed by atoms with Crippen LogP contribution < -0.4 is 11.5 Å². The number of primary amides is 2. The fourth-order valence-corrected chi connectivity index (χ4v) is 1.59. The number of hydrogen-bond donors (Lipinski definition) is 2. The molecule has 0 aromatic rings. The van der Waals surface area contributed by atoms with Crippen LogP contribution in [0.1, 0.15) is 39.0 Å². The third-order valence-corrected chi connectivity index (χ3v) is 2.28. The van der Waals surface area contributed by atoms with Gasteiger partial charge in [0, 0.05) is 0 Å². The molecule has 4 N–H and O–H groups in total. The van der Waals surface area contributed by atoms with E-state index < -0.39 is 6.03 Å². The molecule has 14 heavy (non-hydrogen) atoms. The molecule has 2 amide bonds. The zero-order valence-electron chi connectivity index (χ0n) is 9.17. The van der Waals surface area contributed by atoms with Crippen LogP contribution in [0, 0.1) is 0 Å². The van der Waals surface area contributed by atoms with Crippen molar-refractivity contribution in [2.24, 2.45) is 11.5 Å². The van der Waals surface area contributed by atoms with Crippen molar-refractivity contribution in [3.05, 3.63) is 0 Å². The molecule has 4 nitrogen and oxygen atoms in total. The second-order valence-corrected chi connectivity index (χ2v) is 3.66. The summed E-state index contributed by atoms with van der Waals surface area (Å²) in [5.74, 6) is 0. The quantitative estimate of drug-likeness (QED) is 0.673. The van der Waals surface area contributed by atoms with Gasteiger partial charge in [-0.1, -0.05) is 19.8 Å². The van der Waals surface area contributed by atoms with Crippen molar-refractivity contribution < 1.29 is 4.79 Å². The van der Waals surface area contributed by atoms with Gasteiger partial charge >= 0.3 is 6.03 Å². The van der Waals surface area contributed by atoms with Crippen LogP contribution in [0.5, 0.6) is 0 Å². The topological polar surface area (TPSA) is 72.3 Å². The molecule has 0 aliphatic carbocycles. The van der Waals surface area contributed by atoms with E-state index in [9.17, 15) is 0 Å². The minimum absolute atomic E-state index is 0.833. The van der Waals surface area contributed by atoms with Gasteiger partial charge in [0.1, 0.15) is 0 Å². The van der Waals surface area contributed by atoms with Crippen molar-refractivity contribution in [2.45, 2.75) is 39.0 Å². The molecule has 84 valence electrons. The second-order valence-electron chi connectivity index (χ2n) is 3.66. The van der Waals surface area contributed by atoms with E-state index in [0.717, 1.165) is 0 Å². The molecule has 0 spiro atoms. The fourth-order valence-electron chi connectivity index (χ4n) is 1.59. The lowest BCUT2D eigenvalue weighted by atomic mass is 10.2. The number of carbonyl (C=O) groups is 1. The predicted molar refractivity (Wildman–Crippen MR) is 59.0 cm³/mol. The highest BCUT2D eigenvalue weighted by Crippen LogP contribution is 2.08. The van der Waals surface area contributed by atoms with E-state index in [1.807, 2.05) is 0 Å². The van der Waals surface area contributed by atoms with Gasteiger partial charge in [0.15, 0.2) is 0 Å². The molecule has 0 radical (unpaired) electrons. The predicted octanol–water partition coefficient (Wildman–Crippen LogP) is 1.30. The summed E-state index contributed by atoms with van der Waals surface area (Å²) in [4.78, 5) is 11.6. The third kappa shape index (κ3) is 9.32. The highest BCUT2D eigenvalue weighted by atomic mass is 16.2. The van der Waals surface area contributed by atoms with Gasteiger partial charge in [-0.3, -0.25) is 0 Å². The van der Waals surface area contributed by atoms with Crippen molar-refractivity contribution in [2.75, 3.05) is 19.6 Å². The van der Waals surface area contributed by atoms with E-state index in [-0.39, 0.29) is 0 Å². The van der Waals surface area contributed by atoms with Crippen LogP contribution in [0.4, 0.5) is 4.79 Å². The Kier molecular flexibility index (Phi) is 8.33. The lowest BCUT2D eigenvalue weighted by molar-refractivity contribution is 0.256. The number of amides is 2. The number of unbranched alkanes of at least 4 members (excludes halogenated alkanes) is 2. The average Bonchev–Trinajstić information content (AvgIpc) is 2.56. The first-order valence-corrected chi connectivity index (χ1v) is 5.44. The Balaban J connectivity index is 0.000000364. The van der Waals surface area contributed by atoms with Gasteiger partial charge in [0.2, 0.25) is 0 Å². The Morgan fingerprint density at radius 3 is 2.14 bits per heavy atom. The van der Waals surface area contributed by atoms with Crippen molar-refractivity contribution >= 4 is 6.03 Å². The summed E-state index contributed by atoms with van der Waals surface area (Å²) >= 11 is 0. The summed E-state index contributed by atoms with van der Waals surface area (Å²) in [6.07, 6.45) is 7.05. The van der Waals surface area contributed by atoms with E-state index in [0.29, 0.717) is 0 Å². The van der Waals surface area contributed by atoms with Crippen LogP contribution in [0.25, 0.3) is 0 Å². The molecule has 0 aromatic carbocycles. The number of nitrogens with zero attached hydrogens (tertiary/aromatic N) is 1.